The van der Waals surface area contributed by atoms with Gasteiger partial charge in [0.2, 0.25) is 0 Å². The van der Waals surface area contributed by atoms with Gasteiger partial charge in [-0.1, -0.05) is 6.07 Å². The van der Waals surface area contributed by atoms with Crippen molar-refractivity contribution in [3.8, 4) is 0 Å². The van der Waals surface area contributed by atoms with Gasteiger partial charge in [-0.2, -0.15) is 0 Å². The van der Waals surface area contributed by atoms with Crippen LogP contribution in [0.25, 0.3) is 0 Å². The summed E-state index contributed by atoms with van der Waals surface area (Å²) in [6.45, 7) is 0.582. The van der Waals surface area contributed by atoms with Gasteiger partial charge < -0.3 is 4.98 Å². The van der Waals surface area contributed by atoms with E-state index >= 15 is 0 Å². The van der Waals surface area contributed by atoms with E-state index in [0.717, 1.165) is 24.8 Å². The first kappa shape index (κ1) is 12.3. The zero-order valence-corrected chi connectivity index (χ0v) is 11.4. The van der Waals surface area contributed by atoms with Crippen LogP contribution in [0.1, 0.15) is 40.6 Å². The summed E-state index contributed by atoms with van der Waals surface area (Å²) >= 11 is 0. The van der Waals surface area contributed by atoms with E-state index < -0.39 is 0 Å². The van der Waals surface area contributed by atoms with E-state index in [0.29, 0.717) is 24.1 Å². The number of anilines is 1. The van der Waals surface area contributed by atoms with Crippen LogP contribution in [-0.4, -0.2) is 27.4 Å². The van der Waals surface area contributed by atoms with Crippen molar-refractivity contribution in [2.45, 2.75) is 25.2 Å². The van der Waals surface area contributed by atoms with Gasteiger partial charge in [0.15, 0.2) is 0 Å². The summed E-state index contributed by atoms with van der Waals surface area (Å²) in [6.07, 6.45) is 4.50. The Labute approximate surface area is 120 Å². The molecule has 3 heterocycles. The number of hydrogen-bond acceptors (Lipinski definition) is 4. The van der Waals surface area contributed by atoms with Gasteiger partial charge in [-0.15, -0.1) is 0 Å². The molecule has 1 amide bonds. The number of aromatic amines is 1. The molecule has 106 valence electrons. The number of nitrogens with one attached hydrogen (secondary N) is 1. The molecule has 1 aliphatic heterocycles. The van der Waals surface area contributed by atoms with Gasteiger partial charge in [-0.3, -0.25) is 14.5 Å². The van der Waals surface area contributed by atoms with Gasteiger partial charge in [-0.05, 0) is 30.9 Å². The second-order valence-corrected chi connectivity index (χ2v) is 5.48. The highest BCUT2D eigenvalue weighted by atomic mass is 16.2. The Hall–Kier alpha value is -2.50. The molecule has 1 aliphatic carbocycles. The zero-order valence-electron chi connectivity index (χ0n) is 11.4. The average molecular weight is 282 g/mol. The number of hydrogen-bond donors (Lipinski definition) is 1. The van der Waals surface area contributed by atoms with Crippen LogP contribution < -0.4 is 10.5 Å². The molecule has 0 saturated heterocycles. The lowest BCUT2D eigenvalue weighted by Gasteiger charge is -2.15. The molecule has 6 nitrogen and oxygen atoms in total. The highest BCUT2D eigenvalue weighted by molar-refractivity contribution is 6.05. The fourth-order valence-electron chi connectivity index (χ4n) is 2.68. The smallest absolute Gasteiger partial charge is 0.278 e. The molecule has 1 saturated carbocycles. The number of carbonyl (C=O) groups is 1. The summed E-state index contributed by atoms with van der Waals surface area (Å²) in [6, 6.07) is 5.11. The Morgan fingerprint density at radius 1 is 1.38 bits per heavy atom. The molecule has 1 fully saturated rings. The fraction of sp³-hybridized carbons (Fsp3) is 0.333. The molecular weight excluding hydrogens is 268 g/mol. The van der Waals surface area contributed by atoms with Crippen molar-refractivity contribution < 1.29 is 4.79 Å². The lowest BCUT2D eigenvalue weighted by atomic mass is 10.2. The van der Waals surface area contributed by atoms with Crippen molar-refractivity contribution in [3.05, 3.63) is 51.8 Å². The summed E-state index contributed by atoms with van der Waals surface area (Å²) in [5.74, 6) is 1.36. The molecule has 0 atom stereocenters. The van der Waals surface area contributed by atoms with Crippen molar-refractivity contribution in [2.24, 2.45) is 0 Å². The molecular formula is C15H14N4O2. The van der Waals surface area contributed by atoms with E-state index in [2.05, 4.69) is 15.0 Å². The van der Waals surface area contributed by atoms with E-state index in [4.69, 9.17) is 0 Å². The molecule has 2 aromatic rings. The normalized spacial score (nSPS) is 16.9. The number of rotatable bonds is 2. The maximum Gasteiger partial charge on any atom is 0.278 e. The summed E-state index contributed by atoms with van der Waals surface area (Å²) in [5.41, 5.74) is 0.993. The van der Waals surface area contributed by atoms with Gasteiger partial charge in [0.05, 0.1) is 0 Å². The summed E-state index contributed by atoms with van der Waals surface area (Å²) < 4.78 is 0. The zero-order chi connectivity index (χ0) is 14.4. The third-order valence-corrected chi connectivity index (χ3v) is 3.92. The topological polar surface area (TPSA) is 79.0 Å². The molecule has 6 heteroatoms. The van der Waals surface area contributed by atoms with Crippen LogP contribution in [-0.2, 0) is 6.42 Å². The molecule has 0 bridgehead atoms. The predicted molar refractivity (Wildman–Crippen MR) is 76.5 cm³/mol. The first-order chi connectivity index (χ1) is 10.2. The van der Waals surface area contributed by atoms with E-state index in [-0.39, 0.29) is 17.2 Å². The number of nitrogens with zero attached hydrogens (tertiary/aromatic N) is 3. The number of aromatic nitrogens is 3. The number of pyridine rings is 1. The monoisotopic (exact) mass is 282 g/mol. The minimum atomic E-state index is -0.268. The molecule has 4 rings (SSSR count). The van der Waals surface area contributed by atoms with Crippen molar-refractivity contribution >= 4 is 11.7 Å². The van der Waals surface area contributed by atoms with Crippen LogP contribution in [0, 0.1) is 0 Å². The Bertz CT molecular complexity index is 779. The lowest BCUT2D eigenvalue weighted by Crippen LogP contribution is -2.31. The summed E-state index contributed by atoms with van der Waals surface area (Å²) in [7, 11) is 0. The Balaban J connectivity index is 1.71. The summed E-state index contributed by atoms with van der Waals surface area (Å²) in [5, 5.41) is 0. The van der Waals surface area contributed by atoms with Crippen LogP contribution in [0.5, 0.6) is 0 Å². The lowest BCUT2D eigenvalue weighted by molar-refractivity contribution is 0.0983. The van der Waals surface area contributed by atoms with Gasteiger partial charge in [0.25, 0.3) is 11.5 Å². The fourth-order valence-corrected chi connectivity index (χ4v) is 2.68. The molecule has 0 spiro atoms. The van der Waals surface area contributed by atoms with Crippen LogP contribution in [0.2, 0.25) is 0 Å². The molecule has 0 unspecified atom stereocenters. The van der Waals surface area contributed by atoms with E-state index in [1.165, 1.54) is 6.07 Å². The highest BCUT2D eigenvalue weighted by Crippen LogP contribution is 2.37. The third-order valence-electron chi connectivity index (χ3n) is 3.92. The third kappa shape index (κ3) is 2.12. The molecule has 21 heavy (non-hydrogen) atoms. The second-order valence-electron chi connectivity index (χ2n) is 5.48. The Morgan fingerprint density at radius 2 is 2.24 bits per heavy atom. The van der Waals surface area contributed by atoms with Crippen LogP contribution in [0.15, 0.2) is 29.2 Å². The minimum absolute atomic E-state index is 0.208. The van der Waals surface area contributed by atoms with Gasteiger partial charge in [-0.25, -0.2) is 9.97 Å². The molecule has 0 radical (unpaired) electrons. The van der Waals surface area contributed by atoms with Crippen LogP contribution in [0.3, 0.4) is 0 Å². The standard InChI is InChI=1S/C15H14N4O2/c20-12-8-11(17-13(18-12)9-3-4-9)15(21)19-7-5-10-2-1-6-16-14(10)19/h1-2,6,8-9H,3-5,7H2,(H,17,18,20). The molecule has 2 aromatic heterocycles. The van der Waals surface area contributed by atoms with Crippen LogP contribution >= 0.6 is 0 Å². The van der Waals surface area contributed by atoms with E-state index in [1.807, 2.05) is 12.1 Å². The Kier molecular flexibility index (Phi) is 2.63. The number of fused-ring (bicyclic) bond motifs is 1. The van der Waals surface area contributed by atoms with Gasteiger partial charge >= 0.3 is 0 Å². The van der Waals surface area contributed by atoms with Crippen molar-refractivity contribution in [3.63, 3.8) is 0 Å². The van der Waals surface area contributed by atoms with Gasteiger partial charge in [0.1, 0.15) is 17.3 Å². The highest BCUT2D eigenvalue weighted by Gasteiger charge is 2.30. The average Bonchev–Trinajstić information content (AvgIpc) is 3.26. The molecule has 2 aliphatic rings. The first-order valence-corrected chi connectivity index (χ1v) is 7.09. The van der Waals surface area contributed by atoms with Crippen molar-refractivity contribution in [1.82, 2.24) is 15.0 Å². The maximum absolute atomic E-state index is 12.6. The van der Waals surface area contributed by atoms with Gasteiger partial charge in [0, 0.05) is 24.7 Å². The maximum atomic E-state index is 12.6. The first-order valence-electron chi connectivity index (χ1n) is 7.09. The molecule has 1 N–H and O–H groups in total. The van der Waals surface area contributed by atoms with Crippen LogP contribution in [0.4, 0.5) is 5.82 Å². The second kappa shape index (κ2) is 4.51. The number of H-pyrrole nitrogens is 1. The number of amides is 1. The van der Waals surface area contributed by atoms with E-state index in [1.54, 1.807) is 11.1 Å². The summed E-state index contributed by atoms with van der Waals surface area (Å²) in [4.78, 5) is 37.3. The van der Waals surface area contributed by atoms with E-state index in [9.17, 15) is 9.59 Å². The quantitative estimate of drug-likeness (QED) is 0.899. The SMILES string of the molecule is O=C(c1cc(=O)[nH]c(C2CC2)n1)N1CCc2cccnc21. The Morgan fingerprint density at radius 3 is 3.05 bits per heavy atom. The molecule has 0 aromatic carbocycles. The minimum Gasteiger partial charge on any atom is -0.310 e. The predicted octanol–water partition coefficient (Wildman–Crippen LogP) is 1.25. The van der Waals surface area contributed by atoms with Crippen molar-refractivity contribution in [2.75, 3.05) is 11.4 Å². The number of carbonyl (C=O) groups excluding carboxylic acids is 1. The van der Waals surface area contributed by atoms with Crippen molar-refractivity contribution in [1.29, 1.82) is 0 Å². The largest absolute Gasteiger partial charge is 0.310 e.